The van der Waals surface area contributed by atoms with Gasteiger partial charge >= 0.3 is 0 Å². The highest BCUT2D eigenvalue weighted by molar-refractivity contribution is 6.31. The molecule has 0 fully saturated rings. The zero-order valence-corrected chi connectivity index (χ0v) is 14.2. The Morgan fingerprint density at radius 2 is 2.20 bits per heavy atom. The molecule has 3 heterocycles. The number of fused-ring (bicyclic) bond motifs is 2. The molecule has 3 aromatic rings. The molecule has 0 aliphatic carbocycles. The molecule has 0 radical (unpaired) electrons. The van der Waals surface area contributed by atoms with Gasteiger partial charge in [-0.15, -0.1) is 0 Å². The maximum absolute atomic E-state index is 12.9. The number of ether oxygens (including phenoxy) is 1. The maximum atomic E-state index is 12.9. The third-order valence-electron chi connectivity index (χ3n) is 4.37. The summed E-state index contributed by atoms with van der Waals surface area (Å²) in [4.78, 5) is 31.7. The lowest BCUT2D eigenvalue weighted by Crippen LogP contribution is -2.40. The van der Waals surface area contributed by atoms with Crippen LogP contribution in [0.1, 0.15) is 21.6 Å². The first-order chi connectivity index (χ1) is 12.1. The van der Waals surface area contributed by atoms with Crippen molar-refractivity contribution in [3.63, 3.8) is 0 Å². The van der Waals surface area contributed by atoms with E-state index in [4.69, 9.17) is 16.3 Å². The summed E-state index contributed by atoms with van der Waals surface area (Å²) in [5.41, 5.74) is 2.06. The molecular weight excluding hydrogens is 344 g/mol. The van der Waals surface area contributed by atoms with Crippen molar-refractivity contribution in [1.29, 1.82) is 0 Å². The quantitative estimate of drug-likeness (QED) is 0.758. The fourth-order valence-corrected chi connectivity index (χ4v) is 3.28. The Morgan fingerprint density at radius 3 is 3.00 bits per heavy atom. The molecule has 0 spiro atoms. The number of nitrogens with one attached hydrogen (secondary N) is 1. The standard InChI is InChI=1S/C17H15ClN4O3/c1-25-14-3-2-10(18)8-11(14)16(23)21-7-5-13-12(9-21)17(24)22-15(20-13)4-6-19-22/h2-4,6,8,19H,5,7,9H2,1H3. The lowest BCUT2D eigenvalue weighted by Gasteiger charge is -2.28. The van der Waals surface area contributed by atoms with Gasteiger partial charge in [0.25, 0.3) is 11.5 Å². The van der Waals surface area contributed by atoms with Crippen LogP contribution < -0.4 is 10.3 Å². The van der Waals surface area contributed by atoms with E-state index in [0.29, 0.717) is 40.5 Å². The number of methoxy groups -OCH3 is 1. The Bertz CT molecular complexity index is 1040. The molecule has 1 aromatic carbocycles. The number of amides is 1. The molecular formula is C17H15ClN4O3. The number of hydrogen-bond donors (Lipinski definition) is 1. The SMILES string of the molecule is COc1ccc(Cl)cc1C(=O)N1CCc2nc3cc[nH]n3c(=O)c2C1. The largest absolute Gasteiger partial charge is 0.496 e. The minimum atomic E-state index is -0.221. The normalized spacial score (nSPS) is 13.8. The van der Waals surface area contributed by atoms with Gasteiger partial charge in [-0.3, -0.25) is 14.7 Å². The maximum Gasteiger partial charge on any atom is 0.277 e. The second-order valence-electron chi connectivity index (χ2n) is 5.82. The topological polar surface area (TPSA) is 79.7 Å². The number of rotatable bonds is 2. The summed E-state index contributed by atoms with van der Waals surface area (Å²) < 4.78 is 6.65. The fraction of sp³-hybridized carbons (Fsp3) is 0.235. The minimum absolute atomic E-state index is 0.180. The van der Waals surface area contributed by atoms with Gasteiger partial charge in [-0.25, -0.2) is 9.50 Å². The zero-order valence-electron chi connectivity index (χ0n) is 13.5. The molecule has 1 amide bonds. The lowest BCUT2D eigenvalue weighted by atomic mass is 10.1. The van der Waals surface area contributed by atoms with Crippen molar-refractivity contribution in [2.24, 2.45) is 0 Å². The first kappa shape index (κ1) is 15.7. The highest BCUT2D eigenvalue weighted by atomic mass is 35.5. The number of aromatic nitrogens is 3. The second-order valence-corrected chi connectivity index (χ2v) is 6.26. The Hall–Kier alpha value is -2.80. The van der Waals surface area contributed by atoms with E-state index in [1.165, 1.54) is 11.6 Å². The summed E-state index contributed by atoms with van der Waals surface area (Å²) in [5.74, 6) is 0.232. The summed E-state index contributed by atoms with van der Waals surface area (Å²) in [6.45, 7) is 0.687. The Labute approximate surface area is 147 Å². The molecule has 2 aromatic heterocycles. The predicted molar refractivity (Wildman–Crippen MR) is 92.3 cm³/mol. The molecule has 4 rings (SSSR count). The number of aromatic amines is 1. The lowest BCUT2D eigenvalue weighted by molar-refractivity contribution is 0.0729. The number of benzene rings is 1. The van der Waals surface area contributed by atoms with Gasteiger partial charge in [0.15, 0.2) is 5.65 Å². The molecule has 1 aliphatic heterocycles. The Balaban J connectivity index is 1.72. The minimum Gasteiger partial charge on any atom is -0.496 e. The van der Waals surface area contributed by atoms with Gasteiger partial charge in [0.1, 0.15) is 5.75 Å². The second kappa shape index (κ2) is 5.93. The third-order valence-corrected chi connectivity index (χ3v) is 4.61. The van der Waals surface area contributed by atoms with Crippen LogP contribution in [0.2, 0.25) is 5.02 Å². The molecule has 1 aliphatic rings. The number of hydrogen-bond acceptors (Lipinski definition) is 4. The molecule has 0 atom stereocenters. The molecule has 8 heteroatoms. The highest BCUT2D eigenvalue weighted by Crippen LogP contribution is 2.26. The number of carbonyl (C=O) groups is 1. The Morgan fingerprint density at radius 1 is 1.36 bits per heavy atom. The van der Waals surface area contributed by atoms with Gasteiger partial charge < -0.3 is 9.64 Å². The number of carbonyl (C=O) groups excluding carboxylic acids is 1. The van der Waals surface area contributed by atoms with Gasteiger partial charge in [0, 0.05) is 30.3 Å². The van der Waals surface area contributed by atoms with Crippen LogP contribution in [-0.4, -0.2) is 39.1 Å². The number of halogens is 1. The first-order valence-corrected chi connectivity index (χ1v) is 8.17. The van der Waals surface area contributed by atoms with Crippen LogP contribution in [-0.2, 0) is 13.0 Å². The molecule has 1 N–H and O–H groups in total. The van der Waals surface area contributed by atoms with Gasteiger partial charge in [0.05, 0.1) is 30.5 Å². The van der Waals surface area contributed by atoms with Crippen LogP contribution in [0.5, 0.6) is 5.75 Å². The van der Waals surface area contributed by atoms with Crippen LogP contribution in [0.4, 0.5) is 0 Å². The number of nitrogens with zero attached hydrogens (tertiary/aromatic N) is 3. The summed E-state index contributed by atoms with van der Waals surface area (Å²) >= 11 is 6.02. The smallest absolute Gasteiger partial charge is 0.277 e. The average Bonchev–Trinajstić information content (AvgIpc) is 3.10. The van der Waals surface area contributed by atoms with Crippen molar-refractivity contribution < 1.29 is 9.53 Å². The van der Waals surface area contributed by atoms with Crippen LogP contribution in [0.3, 0.4) is 0 Å². The van der Waals surface area contributed by atoms with E-state index in [2.05, 4.69) is 10.1 Å². The van der Waals surface area contributed by atoms with E-state index in [0.717, 1.165) is 5.69 Å². The highest BCUT2D eigenvalue weighted by Gasteiger charge is 2.27. The van der Waals surface area contributed by atoms with Gasteiger partial charge in [-0.1, -0.05) is 11.6 Å². The van der Waals surface area contributed by atoms with Crippen LogP contribution >= 0.6 is 11.6 Å². The predicted octanol–water partition coefficient (Wildman–Crippen LogP) is 1.88. The van der Waals surface area contributed by atoms with Gasteiger partial charge in [-0.05, 0) is 18.2 Å². The number of H-pyrrole nitrogens is 1. The van der Waals surface area contributed by atoms with Crippen LogP contribution in [0.25, 0.3) is 5.65 Å². The van der Waals surface area contributed by atoms with E-state index in [9.17, 15) is 9.59 Å². The summed E-state index contributed by atoms with van der Waals surface area (Å²) in [7, 11) is 1.50. The Kier molecular flexibility index (Phi) is 3.73. The third kappa shape index (κ3) is 2.56. The first-order valence-electron chi connectivity index (χ1n) is 7.79. The monoisotopic (exact) mass is 358 g/mol. The average molecular weight is 359 g/mol. The van der Waals surface area contributed by atoms with Crippen molar-refractivity contribution in [2.75, 3.05) is 13.7 Å². The van der Waals surface area contributed by atoms with Crippen molar-refractivity contribution in [1.82, 2.24) is 19.5 Å². The summed E-state index contributed by atoms with van der Waals surface area (Å²) in [6.07, 6.45) is 2.19. The van der Waals surface area contributed by atoms with E-state index in [1.54, 1.807) is 35.4 Å². The van der Waals surface area contributed by atoms with Gasteiger partial charge in [0.2, 0.25) is 0 Å². The van der Waals surface area contributed by atoms with Crippen LogP contribution in [0, 0.1) is 0 Å². The fourth-order valence-electron chi connectivity index (χ4n) is 3.11. The molecule has 25 heavy (non-hydrogen) atoms. The molecule has 7 nitrogen and oxygen atoms in total. The molecule has 128 valence electrons. The molecule has 0 unspecified atom stereocenters. The van der Waals surface area contributed by atoms with Gasteiger partial charge in [-0.2, -0.15) is 0 Å². The molecule has 0 saturated carbocycles. The van der Waals surface area contributed by atoms with E-state index >= 15 is 0 Å². The van der Waals surface area contributed by atoms with Crippen molar-refractivity contribution in [3.8, 4) is 5.75 Å². The van der Waals surface area contributed by atoms with E-state index in [1.807, 2.05) is 0 Å². The zero-order chi connectivity index (χ0) is 17.6. The van der Waals surface area contributed by atoms with E-state index < -0.39 is 0 Å². The summed E-state index contributed by atoms with van der Waals surface area (Å²) in [5, 5.41) is 3.30. The van der Waals surface area contributed by atoms with Crippen molar-refractivity contribution in [2.45, 2.75) is 13.0 Å². The van der Waals surface area contributed by atoms with Crippen molar-refractivity contribution >= 4 is 23.2 Å². The molecule has 0 bridgehead atoms. The van der Waals surface area contributed by atoms with Crippen molar-refractivity contribution in [3.05, 3.63) is 62.7 Å². The molecule has 0 saturated heterocycles. The van der Waals surface area contributed by atoms with Crippen LogP contribution in [0.15, 0.2) is 35.3 Å². The van der Waals surface area contributed by atoms with E-state index in [-0.39, 0.29) is 18.0 Å². The summed E-state index contributed by atoms with van der Waals surface area (Å²) in [6, 6.07) is 6.65.